The SMILES string of the molecule is CCNC(=NCc1ccc(Cn2ccnc2)cc1)N1CCN(C(=O)c2ccco2)CC1.I. The number of halogens is 1. The molecule has 0 bridgehead atoms. The van der Waals surface area contributed by atoms with Gasteiger partial charge in [0.15, 0.2) is 11.7 Å². The molecule has 1 aromatic carbocycles. The van der Waals surface area contributed by atoms with Crippen molar-refractivity contribution in [2.75, 3.05) is 32.7 Å². The van der Waals surface area contributed by atoms with E-state index in [2.05, 4.69) is 46.4 Å². The Balaban J connectivity index is 0.00000289. The molecule has 2 aromatic heterocycles. The highest BCUT2D eigenvalue weighted by Gasteiger charge is 2.25. The molecule has 1 aliphatic heterocycles. The molecule has 1 saturated heterocycles. The van der Waals surface area contributed by atoms with Crippen LogP contribution in [0.1, 0.15) is 28.6 Å². The molecular formula is C23H29IN6O2. The summed E-state index contributed by atoms with van der Waals surface area (Å²) in [5.74, 6) is 1.22. The van der Waals surface area contributed by atoms with E-state index in [1.54, 1.807) is 18.3 Å². The van der Waals surface area contributed by atoms with Crippen molar-refractivity contribution in [2.45, 2.75) is 20.0 Å². The fraction of sp³-hybridized carbons (Fsp3) is 0.348. The first kappa shape index (κ1) is 23.8. The zero-order chi connectivity index (χ0) is 21.5. The van der Waals surface area contributed by atoms with E-state index in [-0.39, 0.29) is 29.9 Å². The van der Waals surface area contributed by atoms with Crippen LogP contribution in [0.5, 0.6) is 0 Å². The van der Waals surface area contributed by atoms with Crippen molar-refractivity contribution < 1.29 is 9.21 Å². The molecule has 0 radical (unpaired) electrons. The van der Waals surface area contributed by atoms with Gasteiger partial charge in [0.1, 0.15) is 0 Å². The van der Waals surface area contributed by atoms with Gasteiger partial charge in [-0.3, -0.25) is 4.79 Å². The molecule has 170 valence electrons. The smallest absolute Gasteiger partial charge is 0.289 e. The van der Waals surface area contributed by atoms with E-state index >= 15 is 0 Å². The lowest BCUT2D eigenvalue weighted by atomic mass is 10.1. The van der Waals surface area contributed by atoms with Gasteiger partial charge in [-0.25, -0.2) is 9.98 Å². The lowest BCUT2D eigenvalue weighted by Gasteiger charge is -2.36. The first-order valence-electron chi connectivity index (χ1n) is 10.6. The number of nitrogens with one attached hydrogen (secondary N) is 1. The Morgan fingerprint density at radius 1 is 1.09 bits per heavy atom. The Morgan fingerprint density at radius 2 is 1.81 bits per heavy atom. The van der Waals surface area contributed by atoms with Crippen molar-refractivity contribution in [3.8, 4) is 0 Å². The Bertz CT molecular complexity index is 978. The quantitative estimate of drug-likeness (QED) is 0.291. The Kier molecular flexibility index (Phi) is 8.72. The highest BCUT2D eigenvalue weighted by Crippen LogP contribution is 2.11. The fourth-order valence-corrected chi connectivity index (χ4v) is 3.61. The molecular weight excluding hydrogens is 519 g/mol. The van der Waals surface area contributed by atoms with Crippen molar-refractivity contribution in [2.24, 2.45) is 4.99 Å². The fourth-order valence-electron chi connectivity index (χ4n) is 3.61. The van der Waals surface area contributed by atoms with E-state index < -0.39 is 0 Å². The first-order chi connectivity index (χ1) is 15.2. The van der Waals surface area contributed by atoms with E-state index in [0.717, 1.165) is 37.7 Å². The number of imidazole rings is 1. The van der Waals surface area contributed by atoms with E-state index in [1.807, 2.05) is 22.0 Å². The molecule has 4 rings (SSSR count). The second-order valence-corrected chi connectivity index (χ2v) is 7.48. The van der Waals surface area contributed by atoms with E-state index in [0.29, 0.717) is 25.4 Å². The molecule has 0 spiro atoms. The Labute approximate surface area is 205 Å². The summed E-state index contributed by atoms with van der Waals surface area (Å²) >= 11 is 0. The number of guanidine groups is 1. The lowest BCUT2D eigenvalue weighted by Crippen LogP contribution is -2.53. The van der Waals surface area contributed by atoms with Gasteiger partial charge in [0.05, 0.1) is 19.1 Å². The van der Waals surface area contributed by atoms with Gasteiger partial charge in [-0.15, -0.1) is 24.0 Å². The van der Waals surface area contributed by atoms with Crippen LogP contribution in [0.2, 0.25) is 0 Å². The molecule has 1 N–H and O–H groups in total. The third-order valence-electron chi connectivity index (χ3n) is 5.29. The third-order valence-corrected chi connectivity index (χ3v) is 5.29. The predicted octanol–water partition coefficient (Wildman–Crippen LogP) is 3.07. The summed E-state index contributed by atoms with van der Waals surface area (Å²) in [4.78, 5) is 25.4. The number of rotatable bonds is 6. The van der Waals surface area contributed by atoms with Crippen molar-refractivity contribution in [1.82, 2.24) is 24.7 Å². The minimum Gasteiger partial charge on any atom is -0.459 e. The summed E-state index contributed by atoms with van der Waals surface area (Å²) in [6.45, 7) is 7.06. The summed E-state index contributed by atoms with van der Waals surface area (Å²) in [5, 5.41) is 3.38. The average molecular weight is 548 g/mol. The number of carbonyl (C=O) groups is 1. The molecule has 0 saturated carbocycles. The second kappa shape index (κ2) is 11.7. The number of furan rings is 1. The normalized spacial score (nSPS) is 14.2. The molecule has 0 aliphatic carbocycles. The van der Waals surface area contributed by atoms with Crippen LogP contribution in [-0.4, -0.2) is 63.9 Å². The number of aliphatic imine (C=N–C) groups is 1. The highest BCUT2D eigenvalue weighted by atomic mass is 127. The molecule has 1 amide bonds. The minimum atomic E-state index is -0.0534. The summed E-state index contributed by atoms with van der Waals surface area (Å²) in [7, 11) is 0. The number of hydrogen-bond donors (Lipinski definition) is 1. The van der Waals surface area contributed by atoms with Crippen LogP contribution in [0.15, 0.2) is 70.8 Å². The number of hydrogen-bond acceptors (Lipinski definition) is 4. The van der Waals surface area contributed by atoms with Crippen LogP contribution in [-0.2, 0) is 13.1 Å². The minimum absolute atomic E-state index is 0. The van der Waals surface area contributed by atoms with Crippen molar-refractivity contribution in [3.05, 3.63) is 78.3 Å². The van der Waals surface area contributed by atoms with Gasteiger partial charge in [-0.05, 0) is 30.2 Å². The van der Waals surface area contributed by atoms with Gasteiger partial charge in [-0.1, -0.05) is 24.3 Å². The van der Waals surface area contributed by atoms with E-state index in [4.69, 9.17) is 9.41 Å². The van der Waals surface area contributed by atoms with E-state index in [1.165, 1.54) is 11.8 Å². The summed E-state index contributed by atoms with van der Waals surface area (Å²) < 4.78 is 7.29. The van der Waals surface area contributed by atoms with Crippen LogP contribution in [0, 0.1) is 0 Å². The van der Waals surface area contributed by atoms with Gasteiger partial charge in [0.2, 0.25) is 0 Å². The molecule has 0 atom stereocenters. The third kappa shape index (κ3) is 6.12. The van der Waals surface area contributed by atoms with Crippen LogP contribution in [0.3, 0.4) is 0 Å². The number of aromatic nitrogens is 2. The van der Waals surface area contributed by atoms with Crippen molar-refractivity contribution >= 4 is 35.8 Å². The van der Waals surface area contributed by atoms with Gasteiger partial charge < -0.3 is 24.1 Å². The predicted molar refractivity (Wildman–Crippen MR) is 134 cm³/mol. The number of benzene rings is 1. The molecule has 3 heterocycles. The maximum absolute atomic E-state index is 12.5. The highest BCUT2D eigenvalue weighted by molar-refractivity contribution is 14.0. The zero-order valence-electron chi connectivity index (χ0n) is 18.2. The average Bonchev–Trinajstić information content (AvgIpc) is 3.52. The van der Waals surface area contributed by atoms with Gasteiger partial charge in [-0.2, -0.15) is 0 Å². The standard InChI is InChI=1S/C23H28N6O2.HI/c1-2-25-23(29-13-11-28(12-14-29)22(30)21-4-3-15-31-21)26-16-19-5-7-20(8-6-19)17-27-10-9-24-18-27;/h3-10,15,18H,2,11-14,16-17H2,1H3,(H,25,26);1H. The Hall–Kier alpha value is -2.82. The van der Waals surface area contributed by atoms with Crippen molar-refractivity contribution in [1.29, 1.82) is 0 Å². The number of carbonyl (C=O) groups excluding carboxylic acids is 1. The van der Waals surface area contributed by atoms with Crippen LogP contribution in [0.4, 0.5) is 0 Å². The van der Waals surface area contributed by atoms with Crippen LogP contribution in [0.25, 0.3) is 0 Å². The molecule has 1 aliphatic rings. The van der Waals surface area contributed by atoms with E-state index in [9.17, 15) is 4.79 Å². The molecule has 9 heteroatoms. The lowest BCUT2D eigenvalue weighted by molar-refractivity contribution is 0.0657. The van der Waals surface area contributed by atoms with Crippen molar-refractivity contribution in [3.63, 3.8) is 0 Å². The summed E-state index contributed by atoms with van der Waals surface area (Å²) in [6.07, 6.45) is 7.10. The molecule has 8 nitrogen and oxygen atoms in total. The Morgan fingerprint density at radius 3 is 2.44 bits per heavy atom. The summed E-state index contributed by atoms with van der Waals surface area (Å²) in [5.41, 5.74) is 2.39. The zero-order valence-corrected chi connectivity index (χ0v) is 20.5. The summed E-state index contributed by atoms with van der Waals surface area (Å²) in [6, 6.07) is 12.0. The van der Waals surface area contributed by atoms with Crippen LogP contribution >= 0.6 is 24.0 Å². The molecule has 3 aromatic rings. The molecule has 0 unspecified atom stereocenters. The van der Waals surface area contributed by atoms with Crippen LogP contribution < -0.4 is 5.32 Å². The van der Waals surface area contributed by atoms with Gasteiger partial charge in [0.25, 0.3) is 5.91 Å². The topological polar surface area (TPSA) is 78.9 Å². The number of nitrogens with zero attached hydrogens (tertiary/aromatic N) is 5. The first-order valence-corrected chi connectivity index (χ1v) is 10.6. The number of amides is 1. The maximum atomic E-state index is 12.5. The molecule has 32 heavy (non-hydrogen) atoms. The van der Waals surface area contributed by atoms with Gasteiger partial charge in [0, 0.05) is 51.7 Å². The molecule has 1 fully saturated rings. The largest absolute Gasteiger partial charge is 0.459 e. The van der Waals surface area contributed by atoms with Gasteiger partial charge >= 0.3 is 0 Å². The number of piperazine rings is 1. The second-order valence-electron chi connectivity index (χ2n) is 7.48. The monoisotopic (exact) mass is 548 g/mol. The maximum Gasteiger partial charge on any atom is 0.289 e.